The number of nitrogens with one attached hydrogen (secondary N) is 3. The summed E-state index contributed by atoms with van der Waals surface area (Å²) in [5.41, 5.74) is 1.37. The molecule has 9 heteroatoms. The fraction of sp³-hybridized carbons (Fsp3) is 0.545. The van der Waals surface area contributed by atoms with Crippen LogP contribution in [0.2, 0.25) is 0 Å². The maximum Gasteiger partial charge on any atom is 0.407 e. The summed E-state index contributed by atoms with van der Waals surface area (Å²) in [6.07, 6.45) is 1.37. The maximum absolute atomic E-state index is 12.4. The molecule has 0 bridgehead atoms. The number of rotatable bonds is 8. The lowest BCUT2D eigenvalue weighted by atomic mass is 9.90. The van der Waals surface area contributed by atoms with Crippen LogP contribution < -0.4 is 16.0 Å². The second-order valence-electron chi connectivity index (χ2n) is 8.43. The molecule has 3 N–H and O–H groups in total. The maximum atomic E-state index is 12.4. The molecule has 0 radical (unpaired) electrons. The average molecular weight is 434 g/mol. The van der Waals surface area contributed by atoms with Crippen molar-refractivity contribution in [2.75, 3.05) is 25.5 Å². The van der Waals surface area contributed by atoms with Crippen LogP contribution in [0.4, 0.5) is 10.5 Å². The van der Waals surface area contributed by atoms with E-state index in [1.165, 1.54) is 7.11 Å². The van der Waals surface area contributed by atoms with Gasteiger partial charge in [-0.2, -0.15) is 0 Å². The number of benzene rings is 1. The van der Waals surface area contributed by atoms with Crippen molar-refractivity contribution < 1.29 is 28.7 Å². The van der Waals surface area contributed by atoms with E-state index in [9.17, 15) is 19.2 Å². The van der Waals surface area contributed by atoms with Crippen molar-refractivity contribution in [3.63, 3.8) is 0 Å². The summed E-state index contributed by atoms with van der Waals surface area (Å²) in [4.78, 5) is 47.6. The highest BCUT2D eigenvalue weighted by Gasteiger charge is 2.29. The molecule has 1 aromatic carbocycles. The van der Waals surface area contributed by atoms with Gasteiger partial charge in [0, 0.05) is 24.3 Å². The highest BCUT2D eigenvalue weighted by atomic mass is 16.6. The first-order chi connectivity index (χ1) is 14.6. The van der Waals surface area contributed by atoms with Gasteiger partial charge in [-0.25, -0.2) is 4.79 Å². The predicted octanol–water partition coefficient (Wildman–Crippen LogP) is 2.40. The van der Waals surface area contributed by atoms with E-state index in [1.54, 1.807) is 39.0 Å². The molecule has 1 aliphatic heterocycles. The Morgan fingerprint density at radius 2 is 1.81 bits per heavy atom. The quantitative estimate of drug-likeness (QED) is 0.427. The number of fused-ring (bicyclic) bond motifs is 1. The van der Waals surface area contributed by atoms with Crippen molar-refractivity contribution in [1.82, 2.24) is 10.6 Å². The molecule has 1 aromatic rings. The van der Waals surface area contributed by atoms with Crippen LogP contribution in [-0.4, -0.2) is 49.7 Å². The second-order valence-corrected chi connectivity index (χ2v) is 8.43. The SMILES string of the molecule is COC(=O)CC1Cc2ccc(C(=O)NCCCCNC(=O)OC(C)(C)C)cc2NC1=O. The minimum atomic E-state index is -0.533. The predicted molar refractivity (Wildman–Crippen MR) is 115 cm³/mol. The molecule has 1 aliphatic rings. The Morgan fingerprint density at radius 3 is 2.45 bits per heavy atom. The van der Waals surface area contributed by atoms with Crippen molar-refractivity contribution in [2.24, 2.45) is 5.92 Å². The van der Waals surface area contributed by atoms with Crippen LogP contribution >= 0.6 is 0 Å². The van der Waals surface area contributed by atoms with Crippen molar-refractivity contribution >= 4 is 29.6 Å². The molecule has 0 spiro atoms. The van der Waals surface area contributed by atoms with Gasteiger partial charge in [0.15, 0.2) is 0 Å². The number of ether oxygens (including phenoxy) is 2. The third-order valence-electron chi connectivity index (χ3n) is 4.67. The van der Waals surface area contributed by atoms with Crippen molar-refractivity contribution in [3.8, 4) is 0 Å². The number of carbonyl (C=O) groups is 4. The van der Waals surface area contributed by atoms with Gasteiger partial charge in [0.25, 0.3) is 5.91 Å². The zero-order valence-electron chi connectivity index (χ0n) is 18.5. The van der Waals surface area contributed by atoms with Crippen LogP contribution in [-0.2, 0) is 25.5 Å². The number of methoxy groups -OCH3 is 1. The van der Waals surface area contributed by atoms with Crippen molar-refractivity contribution in [3.05, 3.63) is 29.3 Å². The number of alkyl carbamates (subject to hydrolysis) is 1. The van der Waals surface area contributed by atoms with Gasteiger partial charge in [-0.05, 0) is 57.7 Å². The van der Waals surface area contributed by atoms with Gasteiger partial charge < -0.3 is 25.4 Å². The van der Waals surface area contributed by atoms with E-state index in [1.807, 2.05) is 0 Å². The van der Waals surface area contributed by atoms with Gasteiger partial charge in [-0.3, -0.25) is 14.4 Å². The molecule has 1 atom stereocenters. The monoisotopic (exact) mass is 433 g/mol. The van der Waals surface area contributed by atoms with Gasteiger partial charge in [-0.1, -0.05) is 6.07 Å². The van der Waals surface area contributed by atoms with E-state index in [-0.39, 0.29) is 18.2 Å². The zero-order valence-corrected chi connectivity index (χ0v) is 18.5. The first-order valence-corrected chi connectivity index (χ1v) is 10.3. The fourth-order valence-electron chi connectivity index (χ4n) is 3.11. The molecule has 2 rings (SSSR count). The number of esters is 1. The summed E-state index contributed by atoms with van der Waals surface area (Å²) in [5.74, 6) is -1.41. The Balaban J connectivity index is 1.76. The van der Waals surface area contributed by atoms with Crippen LogP contribution in [0.3, 0.4) is 0 Å². The number of hydrogen-bond acceptors (Lipinski definition) is 6. The fourth-order valence-corrected chi connectivity index (χ4v) is 3.11. The third-order valence-corrected chi connectivity index (χ3v) is 4.67. The molecule has 0 aromatic heterocycles. The Hall–Kier alpha value is -3.10. The van der Waals surface area contributed by atoms with Gasteiger partial charge in [0.05, 0.1) is 19.4 Å². The standard InChI is InChI=1S/C22H31N3O6/c1-22(2,3)31-21(29)24-10-6-5-9-23-19(27)15-8-7-14-11-16(13-18(26)30-4)20(28)25-17(14)12-15/h7-8,12,16H,5-6,9-11,13H2,1-4H3,(H,23,27)(H,24,29)(H,25,28). The molecule has 1 heterocycles. The minimum Gasteiger partial charge on any atom is -0.469 e. The number of carbonyl (C=O) groups excluding carboxylic acids is 4. The summed E-state index contributed by atoms with van der Waals surface area (Å²) in [6, 6.07) is 5.13. The Kier molecular flexibility index (Phi) is 8.41. The smallest absolute Gasteiger partial charge is 0.407 e. The molecular weight excluding hydrogens is 402 g/mol. The minimum absolute atomic E-state index is 0.0206. The Bertz CT molecular complexity index is 831. The van der Waals surface area contributed by atoms with Crippen LogP contribution in [0.1, 0.15) is 56.0 Å². The molecule has 0 saturated carbocycles. The van der Waals surface area contributed by atoms with E-state index in [0.717, 1.165) is 5.56 Å². The van der Waals surface area contributed by atoms with E-state index < -0.39 is 23.6 Å². The van der Waals surface area contributed by atoms with Gasteiger partial charge in [-0.15, -0.1) is 0 Å². The van der Waals surface area contributed by atoms with Gasteiger partial charge in [0.1, 0.15) is 5.60 Å². The summed E-state index contributed by atoms with van der Waals surface area (Å²) in [5, 5.41) is 8.27. The van der Waals surface area contributed by atoms with Crippen molar-refractivity contribution in [1.29, 1.82) is 0 Å². The normalized spacial score (nSPS) is 15.4. The third kappa shape index (κ3) is 7.92. The Morgan fingerprint density at radius 1 is 1.13 bits per heavy atom. The van der Waals surface area contributed by atoms with Crippen LogP contribution in [0.5, 0.6) is 0 Å². The molecule has 0 aliphatic carbocycles. The van der Waals surface area contributed by atoms with Gasteiger partial charge >= 0.3 is 12.1 Å². The van der Waals surface area contributed by atoms with E-state index in [0.29, 0.717) is 43.6 Å². The molecule has 0 fully saturated rings. The van der Waals surface area contributed by atoms with Crippen LogP contribution in [0.25, 0.3) is 0 Å². The number of hydrogen-bond donors (Lipinski definition) is 3. The summed E-state index contributed by atoms with van der Waals surface area (Å²) in [7, 11) is 1.29. The molecular formula is C22H31N3O6. The lowest BCUT2D eigenvalue weighted by Gasteiger charge is -2.24. The highest BCUT2D eigenvalue weighted by Crippen LogP contribution is 2.28. The van der Waals surface area contributed by atoms with Crippen molar-refractivity contribution in [2.45, 2.75) is 52.1 Å². The largest absolute Gasteiger partial charge is 0.469 e. The number of anilines is 1. The van der Waals surface area contributed by atoms with E-state index in [4.69, 9.17) is 4.74 Å². The Labute approximate surface area is 182 Å². The molecule has 31 heavy (non-hydrogen) atoms. The topological polar surface area (TPSA) is 123 Å². The first kappa shape index (κ1) is 24.2. The van der Waals surface area contributed by atoms with Crippen LogP contribution in [0.15, 0.2) is 18.2 Å². The lowest BCUT2D eigenvalue weighted by molar-refractivity contribution is -0.143. The molecule has 9 nitrogen and oxygen atoms in total. The number of amides is 3. The van der Waals surface area contributed by atoms with Crippen LogP contribution in [0, 0.1) is 5.92 Å². The zero-order chi connectivity index (χ0) is 23.0. The molecule has 170 valence electrons. The van der Waals surface area contributed by atoms with E-state index in [2.05, 4.69) is 20.7 Å². The van der Waals surface area contributed by atoms with Gasteiger partial charge in [0.2, 0.25) is 5.91 Å². The highest BCUT2D eigenvalue weighted by molar-refractivity contribution is 6.00. The molecule has 0 saturated heterocycles. The second kappa shape index (κ2) is 10.8. The molecule has 1 unspecified atom stereocenters. The summed E-state index contributed by atoms with van der Waals surface area (Å²) in [6.45, 7) is 6.32. The first-order valence-electron chi connectivity index (χ1n) is 10.3. The van der Waals surface area contributed by atoms with E-state index >= 15 is 0 Å². The molecule has 3 amide bonds. The summed E-state index contributed by atoms with van der Waals surface area (Å²) < 4.78 is 9.79. The average Bonchev–Trinajstić information content (AvgIpc) is 2.69. The number of unbranched alkanes of at least 4 members (excludes halogenated alkanes) is 1. The lowest BCUT2D eigenvalue weighted by Crippen LogP contribution is -2.33. The summed E-state index contributed by atoms with van der Waals surface area (Å²) >= 11 is 0.